The topological polar surface area (TPSA) is 94.3 Å². The van der Waals surface area contributed by atoms with E-state index in [1.165, 1.54) is 4.90 Å². The van der Waals surface area contributed by atoms with Gasteiger partial charge in [-0.2, -0.15) is 0 Å². The van der Waals surface area contributed by atoms with Crippen molar-refractivity contribution in [1.82, 2.24) is 9.80 Å². The Hall–Kier alpha value is -3.26. The van der Waals surface area contributed by atoms with E-state index in [1.54, 1.807) is 7.05 Å². The number of rotatable bonds is 7. The van der Waals surface area contributed by atoms with Crippen molar-refractivity contribution in [2.45, 2.75) is 84.1 Å². The number of hydrogen-bond acceptors (Lipinski definition) is 6. The highest BCUT2D eigenvalue weighted by molar-refractivity contribution is 5.72. The predicted molar refractivity (Wildman–Crippen MR) is 156 cm³/mol. The quantitative estimate of drug-likeness (QED) is 0.463. The molecule has 8 nitrogen and oxygen atoms in total. The van der Waals surface area contributed by atoms with Gasteiger partial charge in [0.2, 0.25) is 0 Å². The van der Waals surface area contributed by atoms with E-state index in [2.05, 4.69) is 18.2 Å². The summed E-state index contributed by atoms with van der Waals surface area (Å²) in [6, 6.07) is 16.0. The number of likely N-dealkylation sites (N-methyl/N-ethyl adjacent to an activating group) is 1. The third-order valence-corrected chi connectivity index (χ3v) is 7.49. The van der Waals surface area contributed by atoms with Crippen molar-refractivity contribution in [3.05, 3.63) is 54.1 Å². The van der Waals surface area contributed by atoms with Gasteiger partial charge in [-0.3, -0.25) is 0 Å². The molecule has 1 saturated heterocycles. The first-order chi connectivity index (χ1) is 18.7. The lowest BCUT2D eigenvalue weighted by Crippen LogP contribution is -2.46. The van der Waals surface area contributed by atoms with E-state index >= 15 is 0 Å². The van der Waals surface area contributed by atoms with Crippen molar-refractivity contribution in [3.63, 3.8) is 0 Å². The van der Waals surface area contributed by atoms with Gasteiger partial charge in [-0.15, -0.1) is 0 Å². The molecule has 0 bridgehead atoms. The first kappa shape index (κ1) is 29.7. The number of hydrogen-bond donors (Lipinski definition) is 1. The number of benzene rings is 2. The van der Waals surface area contributed by atoms with Crippen LogP contribution in [0.25, 0.3) is 11.1 Å². The van der Waals surface area contributed by atoms with E-state index in [9.17, 15) is 9.59 Å². The molecule has 2 aromatic rings. The fourth-order valence-corrected chi connectivity index (χ4v) is 5.24. The lowest BCUT2D eigenvalue weighted by Gasteiger charge is -2.30. The minimum Gasteiger partial charge on any atom is -0.491 e. The van der Waals surface area contributed by atoms with Crippen LogP contribution in [0, 0.1) is 5.41 Å². The van der Waals surface area contributed by atoms with Gasteiger partial charge in [0.1, 0.15) is 23.6 Å². The average molecular weight is 552 g/mol. The molecule has 2 aliphatic rings. The summed E-state index contributed by atoms with van der Waals surface area (Å²) >= 11 is 0. The molecule has 4 rings (SSSR count). The molecule has 1 heterocycles. The summed E-state index contributed by atoms with van der Waals surface area (Å²) in [7, 11) is 1.70. The summed E-state index contributed by atoms with van der Waals surface area (Å²) in [6.45, 7) is 12.6. The maximum Gasteiger partial charge on any atom is 0.410 e. The second kappa shape index (κ2) is 11.3. The van der Waals surface area contributed by atoms with Gasteiger partial charge in [0.25, 0.3) is 0 Å². The highest BCUT2D eigenvalue weighted by Gasteiger charge is 2.59. The van der Waals surface area contributed by atoms with Gasteiger partial charge in [0.05, 0.1) is 12.6 Å². The number of carbonyl (C=O) groups is 2. The summed E-state index contributed by atoms with van der Waals surface area (Å²) in [6.07, 6.45) is 2.09. The maximum atomic E-state index is 13.1. The molecule has 2 amide bonds. The van der Waals surface area contributed by atoms with E-state index in [0.717, 1.165) is 35.3 Å². The molecule has 0 unspecified atom stereocenters. The second-order valence-corrected chi connectivity index (χ2v) is 13.2. The van der Waals surface area contributed by atoms with E-state index in [1.807, 2.05) is 76.8 Å². The molecule has 218 valence electrons. The van der Waals surface area contributed by atoms with E-state index in [-0.39, 0.29) is 29.7 Å². The Morgan fingerprint density at radius 3 is 2.33 bits per heavy atom. The SMILES string of the molecule is CN(CCOc1ccccc1-c1cccc(C[C@H]2[C@@H](N)C3(CC3)CN2C(=O)OC(C)(C)C)c1)C(=O)OC(C)(C)C. The van der Waals surface area contributed by atoms with Crippen molar-refractivity contribution in [2.75, 3.05) is 26.7 Å². The van der Waals surface area contributed by atoms with Crippen LogP contribution in [-0.4, -0.2) is 72.0 Å². The summed E-state index contributed by atoms with van der Waals surface area (Å²) < 4.78 is 17.3. The number of likely N-dealkylation sites (tertiary alicyclic amines) is 1. The summed E-state index contributed by atoms with van der Waals surface area (Å²) in [5.41, 5.74) is 8.75. The minimum absolute atomic E-state index is 0.0199. The molecule has 0 aromatic heterocycles. The first-order valence-electron chi connectivity index (χ1n) is 14.2. The van der Waals surface area contributed by atoms with Crippen LogP contribution in [0.1, 0.15) is 59.9 Å². The largest absolute Gasteiger partial charge is 0.491 e. The molecule has 2 atom stereocenters. The molecule has 8 heteroatoms. The van der Waals surface area contributed by atoms with E-state index < -0.39 is 11.2 Å². The van der Waals surface area contributed by atoms with Crippen LogP contribution in [0.3, 0.4) is 0 Å². The van der Waals surface area contributed by atoms with Crippen molar-refractivity contribution in [2.24, 2.45) is 11.1 Å². The van der Waals surface area contributed by atoms with Crippen molar-refractivity contribution >= 4 is 12.2 Å². The van der Waals surface area contributed by atoms with Crippen molar-refractivity contribution < 1.29 is 23.8 Å². The van der Waals surface area contributed by atoms with Crippen LogP contribution >= 0.6 is 0 Å². The highest BCUT2D eigenvalue weighted by Crippen LogP contribution is 2.54. The molecule has 1 aliphatic carbocycles. The Bertz CT molecular complexity index is 1210. The number of para-hydroxylation sites is 1. The second-order valence-electron chi connectivity index (χ2n) is 13.2. The Balaban J connectivity index is 1.46. The van der Waals surface area contributed by atoms with Gasteiger partial charge in [0.15, 0.2) is 0 Å². The lowest BCUT2D eigenvalue weighted by molar-refractivity contribution is 0.0214. The van der Waals surface area contributed by atoms with E-state index in [0.29, 0.717) is 26.1 Å². The zero-order valence-corrected chi connectivity index (χ0v) is 25.0. The predicted octanol–water partition coefficient (Wildman–Crippen LogP) is 5.87. The Morgan fingerprint density at radius 2 is 1.68 bits per heavy atom. The smallest absolute Gasteiger partial charge is 0.410 e. The number of amides is 2. The minimum atomic E-state index is -0.559. The highest BCUT2D eigenvalue weighted by atomic mass is 16.6. The van der Waals surface area contributed by atoms with Crippen LogP contribution in [-0.2, 0) is 15.9 Å². The van der Waals surface area contributed by atoms with Gasteiger partial charge >= 0.3 is 12.2 Å². The number of ether oxygens (including phenoxy) is 3. The number of nitrogens with zero attached hydrogens (tertiary/aromatic N) is 2. The fourth-order valence-electron chi connectivity index (χ4n) is 5.24. The standard InChI is InChI=1S/C32H45N3O5/c1-30(2,3)39-28(36)34(7)17-18-38-26-14-9-8-13-24(26)23-12-10-11-22(19-23)20-25-27(33)32(15-16-32)21-35(25)29(37)40-31(4,5)6/h8-14,19,25,27H,15-18,20-21,33H2,1-7H3/t25-,27+/m0/s1. The molecular formula is C32H45N3O5. The van der Waals surface area contributed by atoms with Crippen molar-refractivity contribution in [3.8, 4) is 16.9 Å². The average Bonchev–Trinajstić information content (AvgIpc) is 3.59. The van der Waals surface area contributed by atoms with Crippen LogP contribution in [0.15, 0.2) is 48.5 Å². The molecule has 40 heavy (non-hydrogen) atoms. The third kappa shape index (κ3) is 7.27. The maximum absolute atomic E-state index is 13.1. The van der Waals surface area contributed by atoms with Gasteiger partial charge in [-0.05, 0) is 78.0 Å². The Labute approximate surface area is 238 Å². The van der Waals surface area contributed by atoms with Crippen LogP contribution < -0.4 is 10.5 Å². The van der Waals surface area contributed by atoms with Gasteiger partial charge in [-0.25, -0.2) is 9.59 Å². The third-order valence-electron chi connectivity index (χ3n) is 7.49. The first-order valence-corrected chi connectivity index (χ1v) is 14.2. The number of nitrogens with two attached hydrogens (primary N) is 1. The molecule has 2 fully saturated rings. The molecule has 2 aromatic carbocycles. The molecule has 1 aliphatic heterocycles. The van der Waals surface area contributed by atoms with E-state index in [4.69, 9.17) is 19.9 Å². The Morgan fingerprint density at radius 1 is 1.00 bits per heavy atom. The summed E-state index contributed by atoms with van der Waals surface area (Å²) in [5, 5.41) is 0. The molecule has 1 spiro atoms. The van der Waals surface area contributed by atoms with Crippen LogP contribution in [0.2, 0.25) is 0 Å². The van der Waals surface area contributed by atoms with Crippen LogP contribution in [0.4, 0.5) is 9.59 Å². The Kier molecular flexibility index (Phi) is 8.41. The van der Waals surface area contributed by atoms with Crippen molar-refractivity contribution in [1.29, 1.82) is 0 Å². The lowest BCUT2D eigenvalue weighted by atomic mass is 9.92. The van der Waals surface area contributed by atoms with Gasteiger partial charge in [-0.1, -0.05) is 42.5 Å². The molecule has 2 N–H and O–H groups in total. The monoisotopic (exact) mass is 551 g/mol. The number of carbonyl (C=O) groups excluding carboxylic acids is 2. The summed E-state index contributed by atoms with van der Waals surface area (Å²) in [5.74, 6) is 0.738. The molecular weight excluding hydrogens is 506 g/mol. The normalized spacial score (nSPS) is 19.9. The molecule has 1 saturated carbocycles. The zero-order chi connectivity index (χ0) is 29.3. The van der Waals surface area contributed by atoms with Gasteiger partial charge in [0, 0.05) is 30.6 Å². The van der Waals surface area contributed by atoms with Crippen LogP contribution in [0.5, 0.6) is 5.75 Å². The zero-order valence-electron chi connectivity index (χ0n) is 25.0. The summed E-state index contributed by atoms with van der Waals surface area (Å²) in [4.78, 5) is 28.8. The molecule has 0 radical (unpaired) electrons. The van der Waals surface area contributed by atoms with Gasteiger partial charge < -0.3 is 29.7 Å². The fraction of sp³-hybridized carbons (Fsp3) is 0.562.